The molecular weight excluding hydrogens is 288 g/mol. The molecule has 0 amide bonds. The van der Waals surface area contributed by atoms with Crippen LogP contribution >= 0.6 is 0 Å². The van der Waals surface area contributed by atoms with Gasteiger partial charge in [-0.15, -0.1) is 6.58 Å². The van der Waals surface area contributed by atoms with Crippen LogP contribution in [0.1, 0.15) is 123 Å². The predicted molar refractivity (Wildman–Crippen MR) is 113 cm³/mol. The summed E-state index contributed by atoms with van der Waals surface area (Å²) in [7, 11) is 0. The van der Waals surface area contributed by atoms with Gasteiger partial charge < -0.3 is 0 Å². The Morgan fingerprint density at radius 2 is 1.00 bits per heavy atom. The molecule has 0 heteroatoms. The molecule has 0 aliphatic carbocycles. The van der Waals surface area contributed by atoms with E-state index in [4.69, 9.17) is 0 Å². The number of rotatable bonds is 19. The van der Waals surface area contributed by atoms with Crippen LogP contribution in [0.2, 0.25) is 0 Å². The van der Waals surface area contributed by atoms with E-state index in [1.54, 1.807) is 0 Å². The highest BCUT2D eigenvalue weighted by Crippen LogP contribution is 2.14. The van der Waals surface area contributed by atoms with Gasteiger partial charge in [0.1, 0.15) is 0 Å². The van der Waals surface area contributed by atoms with Crippen LogP contribution in [0.3, 0.4) is 0 Å². The fourth-order valence-electron chi connectivity index (χ4n) is 3.14. The van der Waals surface area contributed by atoms with Gasteiger partial charge >= 0.3 is 0 Å². The third kappa shape index (κ3) is 19.5. The molecule has 0 aromatic carbocycles. The van der Waals surface area contributed by atoms with Crippen molar-refractivity contribution in [2.45, 2.75) is 123 Å². The van der Waals surface area contributed by atoms with Gasteiger partial charge in [-0.3, -0.25) is 0 Å². The van der Waals surface area contributed by atoms with Crippen LogP contribution in [0.25, 0.3) is 0 Å². The zero-order valence-electron chi connectivity index (χ0n) is 17.0. The second kappa shape index (κ2) is 20.5. The Hall–Kier alpha value is -0.520. The minimum absolute atomic E-state index is 0.766. The summed E-state index contributed by atoms with van der Waals surface area (Å²) in [6.07, 6.45) is 30.7. The van der Waals surface area contributed by atoms with Crippen molar-refractivity contribution in [3.63, 3.8) is 0 Å². The lowest BCUT2D eigenvalue weighted by Crippen LogP contribution is -1.84. The van der Waals surface area contributed by atoms with Crippen molar-refractivity contribution in [1.82, 2.24) is 0 Å². The Balaban J connectivity index is 3.05. The highest BCUT2D eigenvalue weighted by Gasteiger charge is 1.94. The molecule has 0 spiro atoms. The molecule has 0 heterocycles. The van der Waals surface area contributed by atoms with Crippen molar-refractivity contribution >= 4 is 0 Å². The van der Waals surface area contributed by atoms with Crippen molar-refractivity contribution in [3.05, 3.63) is 24.8 Å². The summed E-state index contributed by atoms with van der Waals surface area (Å²) >= 11 is 0. The maximum atomic E-state index is 3.78. The first kappa shape index (κ1) is 23.5. The lowest BCUT2D eigenvalue weighted by molar-refractivity contribution is 0.534. The molecule has 0 saturated carbocycles. The average molecular weight is 335 g/mol. The van der Waals surface area contributed by atoms with Crippen LogP contribution in [-0.2, 0) is 0 Å². The van der Waals surface area contributed by atoms with Crippen LogP contribution in [0, 0.1) is 5.92 Å². The summed E-state index contributed by atoms with van der Waals surface area (Å²) in [4.78, 5) is 0. The minimum Gasteiger partial charge on any atom is -0.103 e. The standard InChI is InChI=1S/C24H46/c1-4-6-7-8-9-10-11-12-13-14-15-16-17-18-19-20-21-22-23-24(3)5-2/h4,22-24H,1,5-21H2,2-3H3. The third-order valence-corrected chi connectivity index (χ3v) is 5.14. The molecule has 0 N–H and O–H groups in total. The van der Waals surface area contributed by atoms with Crippen molar-refractivity contribution < 1.29 is 0 Å². The first-order chi connectivity index (χ1) is 11.8. The Morgan fingerprint density at radius 3 is 1.38 bits per heavy atom. The molecule has 0 aliphatic rings. The van der Waals surface area contributed by atoms with Gasteiger partial charge in [0, 0.05) is 0 Å². The van der Waals surface area contributed by atoms with E-state index in [9.17, 15) is 0 Å². The fraction of sp³-hybridized carbons (Fsp3) is 0.833. The Morgan fingerprint density at radius 1 is 0.625 bits per heavy atom. The second-order valence-electron chi connectivity index (χ2n) is 7.63. The number of unbranched alkanes of at least 4 members (excludes halogenated alkanes) is 15. The topological polar surface area (TPSA) is 0 Å². The number of hydrogen-bond acceptors (Lipinski definition) is 0. The van der Waals surface area contributed by atoms with Gasteiger partial charge in [0.05, 0.1) is 0 Å². The quantitative estimate of drug-likeness (QED) is 0.163. The maximum absolute atomic E-state index is 3.78. The van der Waals surface area contributed by atoms with Crippen LogP contribution in [0.4, 0.5) is 0 Å². The van der Waals surface area contributed by atoms with Crippen LogP contribution in [0.5, 0.6) is 0 Å². The average Bonchev–Trinajstić information content (AvgIpc) is 2.60. The van der Waals surface area contributed by atoms with Gasteiger partial charge in [0.2, 0.25) is 0 Å². The first-order valence-electron chi connectivity index (χ1n) is 11.1. The maximum Gasteiger partial charge on any atom is -0.0265 e. The van der Waals surface area contributed by atoms with E-state index in [1.165, 1.54) is 109 Å². The molecule has 0 rings (SSSR count). The summed E-state index contributed by atoms with van der Waals surface area (Å²) in [6.45, 7) is 8.35. The lowest BCUT2D eigenvalue weighted by atomic mass is 10.0. The normalized spacial score (nSPS) is 12.8. The van der Waals surface area contributed by atoms with E-state index < -0.39 is 0 Å². The van der Waals surface area contributed by atoms with Gasteiger partial charge in [-0.1, -0.05) is 116 Å². The SMILES string of the molecule is C=CCCCCCCCCCCCCCCCCC=CC(C)CC. The molecule has 0 bridgehead atoms. The first-order valence-corrected chi connectivity index (χ1v) is 11.1. The molecule has 0 fully saturated rings. The van der Waals surface area contributed by atoms with Crippen molar-refractivity contribution in [2.75, 3.05) is 0 Å². The van der Waals surface area contributed by atoms with Crippen LogP contribution < -0.4 is 0 Å². The van der Waals surface area contributed by atoms with E-state index in [1.807, 2.05) is 6.08 Å². The molecule has 0 aromatic rings. The van der Waals surface area contributed by atoms with Crippen LogP contribution in [-0.4, -0.2) is 0 Å². The number of hydrogen-bond donors (Lipinski definition) is 0. The zero-order valence-corrected chi connectivity index (χ0v) is 17.0. The molecule has 0 aliphatic heterocycles. The van der Waals surface area contributed by atoms with E-state index in [0.717, 1.165) is 5.92 Å². The van der Waals surface area contributed by atoms with Crippen molar-refractivity contribution in [3.8, 4) is 0 Å². The smallest absolute Gasteiger partial charge is 0.0265 e. The summed E-state index contributed by atoms with van der Waals surface area (Å²) in [6, 6.07) is 0. The van der Waals surface area contributed by atoms with Crippen molar-refractivity contribution in [1.29, 1.82) is 0 Å². The predicted octanol–water partition coefficient (Wildman–Crippen LogP) is 9.02. The fourth-order valence-corrected chi connectivity index (χ4v) is 3.14. The third-order valence-electron chi connectivity index (χ3n) is 5.14. The molecule has 142 valence electrons. The summed E-state index contributed by atoms with van der Waals surface area (Å²) < 4.78 is 0. The number of allylic oxidation sites excluding steroid dienone is 3. The molecule has 0 radical (unpaired) electrons. The van der Waals surface area contributed by atoms with E-state index >= 15 is 0 Å². The summed E-state index contributed by atoms with van der Waals surface area (Å²) in [5.74, 6) is 0.766. The Labute approximate surface area is 154 Å². The molecule has 0 nitrogen and oxygen atoms in total. The Bertz CT molecular complexity index is 263. The molecule has 1 atom stereocenters. The summed E-state index contributed by atoms with van der Waals surface area (Å²) in [5, 5.41) is 0. The molecule has 0 saturated heterocycles. The molecule has 0 aromatic heterocycles. The van der Waals surface area contributed by atoms with Gasteiger partial charge in [-0.2, -0.15) is 0 Å². The second-order valence-corrected chi connectivity index (χ2v) is 7.63. The zero-order chi connectivity index (χ0) is 17.7. The van der Waals surface area contributed by atoms with Crippen LogP contribution in [0.15, 0.2) is 24.8 Å². The lowest BCUT2D eigenvalue weighted by Gasteiger charge is -2.03. The highest BCUT2D eigenvalue weighted by atomic mass is 14.0. The van der Waals surface area contributed by atoms with Gasteiger partial charge in [-0.25, -0.2) is 0 Å². The van der Waals surface area contributed by atoms with E-state index in [0.29, 0.717) is 0 Å². The largest absolute Gasteiger partial charge is 0.103 e. The monoisotopic (exact) mass is 334 g/mol. The summed E-state index contributed by atoms with van der Waals surface area (Å²) in [5.41, 5.74) is 0. The minimum atomic E-state index is 0.766. The van der Waals surface area contributed by atoms with Gasteiger partial charge in [0.15, 0.2) is 0 Å². The Kier molecular flexibility index (Phi) is 20.1. The van der Waals surface area contributed by atoms with Crippen molar-refractivity contribution in [2.24, 2.45) is 5.92 Å². The highest BCUT2D eigenvalue weighted by molar-refractivity contribution is 4.85. The van der Waals surface area contributed by atoms with E-state index in [-0.39, 0.29) is 0 Å². The molecular formula is C24H46. The van der Waals surface area contributed by atoms with Gasteiger partial charge in [0.25, 0.3) is 0 Å². The molecule has 24 heavy (non-hydrogen) atoms. The molecule has 1 unspecified atom stereocenters. The van der Waals surface area contributed by atoms with Gasteiger partial charge in [-0.05, 0) is 31.6 Å². The van der Waals surface area contributed by atoms with E-state index in [2.05, 4.69) is 32.6 Å².